The van der Waals surface area contributed by atoms with Crippen molar-refractivity contribution in [2.24, 2.45) is 0 Å². The maximum absolute atomic E-state index is 13.1. The Hall–Kier alpha value is -2.73. The topological polar surface area (TPSA) is 61.4 Å². The summed E-state index contributed by atoms with van der Waals surface area (Å²) in [5, 5.41) is 5.40. The summed E-state index contributed by atoms with van der Waals surface area (Å²) in [6.45, 7) is 1.73. The predicted molar refractivity (Wildman–Crippen MR) is 92.2 cm³/mol. The lowest BCUT2D eigenvalue weighted by Gasteiger charge is -2.23. The molecular formula is C18H20FN3O2. The molecule has 2 rings (SSSR count). The molecule has 2 amide bonds. The van der Waals surface area contributed by atoms with E-state index in [9.17, 15) is 14.0 Å². The van der Waals surface area contributed by atoms with Gasteiger partial charge in [-0.25, -0.2) is 4.39 Å². The molecule has 0 unspecified atom stereocenters. The molecule has 2 N–H and O–H groups in total. The van der Waals surface area contributed by atoms with Crippen LogP contribution >= 0.6 is 0 Å². The Labute approximate surface area is 140 Å². The zero-order valence-electron chi connectivity index (χ0n) is 13.6. The minimum atomic E-state index is -0.497. The second kappa shape index (κ2) is 8.21. The smallest absolute Gasteiger partial charge is 0.241 e. The Morgan fingerprint density at radius 1 is 1.04 bits per heavy atom. The van der Waals surface area contributed by atoms with Gasteiger partial charge in [0.05, 0.1) is 12.6 Å². The number of amides is 2. The number of rotatable bonds is 6. The van der Waals surface area contributed by atoms with Crippen molar-refractivity contribution in [3.05, 3.63) is 60.4 Å². The zero-order chi connectivity index (χ0) is 17.5. The molecule has 0 saturated carbocycles. The second-order valence-corrected chi connectivity index (χ2v) is 5.50. The molecule has 1 atom stereocenters. The van der Waals surface area contributed by atoms with Gasteiger partial charge in [0, 0.05) is 11.4 Å². The van der Waals surface area contributed by atoms with Crippen molar-refractivity contribution in [1.29, 1.82) is 0 Å². The number of nitrogens with zero attached hydrogens (tertiary/aromatic N) is 1. The van der Waals surface area contributed by atoms with E-state index in [1.807, 2.05) is 18.2 Å². The monoisotopic (exact) mass is 329 g/mol. The molecule has 2 aromatic rings. The first-order valence-corrected chi connectivity index (χ1v) is 7.57. The van der Waals surface area contributed by atoms with Crippen LogP contribution in [-0.2, 0) is 9.59 Å². The number of hydrogen-bond donors (Lipinski definition) is 2. The summed E-state index contributed by atoms with van der Waals surface area (Å²) in [5.74, 6) is -0.943. The predicted octanol–water partition coefficient (Wildman–Crippen LogP) is 2.72. The fourth-order valence-corrected chi connectivity index (χ4v) is 2.10. The summed E-state index contributed by atoms with van der Waals surface area (Å²) in [7, 11) is 1.68. The summed E-state index contributed by atoms with van der Waals surface area (Å²) in [6.07, 6.45) is 0. The summed E-state index contributed by atoms with van der Waals surface area (Å²) < 4.78 is 13.1. The fourth-order valence-electron chi connectivity index (χ4n) is 2.10. The van der Waals surface area contributed by atoms with Crippen LogP contribution in [0.5, 0.6) is 0 Å². The molecule has 0 spiro atoms. The van der Waals surface area contributed by atoms with Gasteiger partial charge in [0.1, 0.15) is 5.82 Å². The van der Waals surface area contributed by atoms with Crippen LogP contribution in [0.1, 0.15) is 6.92 Å². The van der Waals surface area contributed by atoms with Crippen LogP contribution in [-0.4, -0.2) is 36.3 Å². The molecule has 6 heteroatoms. The van der Waals surface area contributed by atoms with Crippen molar-refractivity contribution >= 4 is 23.2 Å². The van der Waals surface area contributed by atoms with E-state index in [1.165, 1.54) is 18.2 Å². The van der Waals surface area contributed by atoms with E-state index in [0.717, 1.165) is 0 Å². The van der Waals surface area contributed by atoms with Crippen LogP contribution in [0.15, 0.2) is 54.6 Å². The number of halogens is 1. The van der Waals surface area contributed by atoms with Gasteiger partial charge >= 0.3 is 0 Å². The average molecular weight is 329 g/mol. The summed E-state index contributed by atoms with van der Waals surface area (Å²) >= 11 is 0. The van der Waals surface area contributed by atoms with Gasteiger partial charge < -0.3 is 10.6 Å². The number of nitrogens with one attached hydrogen (secondary N) is 2. The van der Waals surface area contributed by atoms with Gasteiger partial charge in [-0.15, -0.1) is 0 Å². The maximum Gasteiger partial charge on any atom is 0.241 e. The average Bonchev–Trinajstić information content (AvgIpc) is 2.54. The van der Waals surface area contributed by atoms with Crippen molar-refractivity contribution in [3.8, 4) is 0 Å². The first-order chi connectivity index (χ1) is 11.5. The lowest BCUT2D eigenvalue weighted by molar-refractivity contribution is -0.122. The van der Waals surface area contributed by atoms with E-state index in [4.69, 9.17) is 0 Å². The van der Waals surface area contributed by atoms with Crippen molar-refractivity contribution < 1.29 is 14.0 Å². The molecule has 0 radical (unpaired) electrons. The highest BCUT2D eigenvalue weighted by Crippen LogP contribution is 2.10. The number of likely N-dealkylation sites (N-methyl/N-ethyl adjacent to an activating group) is 1. The van der Waals surface area contributed by atoms with E-state index in [1.54, 1.807) is 37.1 Å². The van der Waals surface area contributed by atoms with E-state index in [0.29, 0.717) is 11.4 Å². The number of carbonyl (C=O) groups is 2. The molecule has 0 aliphatic rings. The van der Waals surface area contributed by atoms with Crippen molar-refractivity contribution in [3.63, 3.8) is 0 Å². The first-order valence-electron chi connectivity index (χ1n) is 7.57. The standard InChI is InChI=1S/C18H20FN3O2/c1-13(18(24)21-15-8-4-3-5-9-15)22(2)12-17(23)20-16-10-6-7-14(19)11-16/h3-11,13H,12H2,1-2H3,(H,20,23)(H,21,24)/t13-/m1/s1. The van der Waals surface area contributed by atoms with Gasteiger partial charge in [-0.3, -0.25) is 14.5 Å². The maximum atomic E-state index is 13.1. The Morgan fingerprint density at radius 3 is 2.38 bits per heavy atom. The van der Waals surface area contributed by atoms with Gasteiger partial charge in [-0.2, -0.15) is 0 Å². The zero-order valence-corrected chi connectivity index (χ0v) is 13.6. The molecule has 0 aromatic heterocycles. The summed E-state index contributed by atoms with van der Waals surface area (Å²) in [6, 6.07) is 14.3. The molecule has 0 saturated heterocycles. The van der Waals surface area contributed by atoms with Gasteiger partial charge in [0.2, 0.25) is 11.8 Å². The van der Waals surface area contributed by atoms with Crippen LogP contribution in [0.2, 0.25) is 0 Å². The van der Waals surface area contributed by atoms with Crippen LogP contribution in [0.4, 0.5) is 15.8 Å². The molecule has 0 aliphatic carbocycles. The van der Waals surface area contributed by atoms with Gasteiger partial charge in [-0.1, -0.05) is 24.3 Å². The van der Waals surface area contributed by atoms with E-state index in [2.05, 4.69) is 10.6 Å². The van der Waals surface area contributed by atoms with Crippen molar-refractivity contribution in [1.82, 2.24) is 4.90 Å². The molecule has 2 aromatic carbocycles. The number of para-hydroxylation sites is 1. The second-order valence-electron chi connectivity index (χ2n) is 5.50. The van der Waals surface area contributed by atoms with E-state index >= 15 is 0 Å². The lowest BCUT2D eigenvalue weighted by Crippen LogP contribution is -2.43. The molecule has 0 aliphatic heterocycles. The third kappa shape index (κ3) is 5.17. The fraction of sp³-hybridized carbons (Fsp3) is 0.222. The highest BCUT2D eigenvalue weighted by atomic mass is 19.1. The third-order valence-corrected chi connectivity index (χ3v) is 3.58. The molecule has 24 heavy (non-hydrogen) atoms. The van der Waals surface area contributed by atoms with Gasteiger partial charge in [0.15, 0.2) is 0 Å². The molecule has 5 nitrogen and oxygen atoms in total. The number of anilines is 2. The molecule has 126 valence electrons. The summed E-state index contributed by atoms with van der Waals surface area (Å²) in [5.41, 5.74) is 1.08. The molecular weight excluding hydrogens is 309 g/mol. The Morgan fingerprint density at radius 2 is 1.71 bits per heavy atom. The number of benzene rings is 2. The Kier molecular flexibility index (Phi) is 6.03. The first kappa shape index (κ1) is 17.6. The molecule has 0 bridgehead atoms. The van der Waals surface area contributed by atoms with E-state index in [-0.39, 0.29) is 18.4 Å². The molecule has 0 heterocycles. The van der Waals surface area contributed by atoms with Crippen molar-refractivity contribution in [2.75, 3.05) is 24.2 Å². The molecule has 0 fully saturated rings. The summed E-state index contributed by atoms with van der Waals surface area (Å²) in [4.78, 5) is 25.8. The van der Waals surface area contributed by atoms with Crippen molar-refractivity contribution in [2.45, 2.75) is 13.0 Å². The third-order valence-electron chi connectivity index (χ3n) is 3.58. The Balaban J connectivity index is 1.87. The minimum Gasteiger partial charge on any atom is -0.325 e. The van der Waals surface area contributed by atoms with Gasteiger partial charge in [0.25, 0.3) is 0 Å². The normalized spacial score (nSPS) is 11.8. The SMILES string of the molecule is C[C@H](C(=O)Nc1ccccc1)N(C)CC(=O)Nc1cccc(F)c1. The van der Waals surface area contributed by atoms with Crippen LogP contribution in [0, 0.1) is 5.82 Å². The minimum absolute atomic E-state index is 0.0138. The lowest BCUT2D eigenvalue weighted by atomic mass is 10.2. The van der Waals surface area contributed by atoms with Crippen LogP contribution in [0.25, 0.3) is 0 Å². The quantitative estimate of drug-likeness (QED) is 0.857. The van der Waals surface area contributed by atoms with Gasteiger partial charge in [-0.05, 0) is 44.3 Å². The van der Waals surface area contributed by atoms with E-state index < -0.39 is 11.9 Å². The highest BCUT2D eigenvalue weighted by Gasteiger charge is 2.20. The van der Waals surface area contributed by atoms with Crippen LogP contribution in [0.3, 0.4) is 0 Å². The highest BCUT2D eigenvalue weighted by molar-refractivity contribution is 5.96. The Bertz CT molecular complexity index is 706. The largest absolute Gasteiger partial charge is 0.325 e. The number of carbonyl (C=O) groups excluding carboxylic acids is 2. The number of hydrogen-bond acceptors (Lipinski definition) is 3. The van der Waals surface area contributed by atoms with Crippen LogP contribution < -0.4 is 10.6 Å².